The molecule has 0 spiro atoms. The maximum Gasteiger partial charge on any atom is 0.237 e. The molecule has 1 unspecified atom stereocenters. The van der Waals surface area contributed by atoms with Gasteiger partial charge in [-0.3, -0.25) is 14.5 Å². The summed E-state index contributed by atoms with van der Waals surface area (Å²) in [5, 5.41) is 3.73. The van der Waals surface area contributed by atoms with Crippen molar-refractivity contribution in [2.24, 2.45) is 0 Å². The Labute approximate surface area is 147 Å². The van der Waals surface area contributed by atoms with E-state index in [-0.39, 0.29) is 17.9 Å². The van der Waals surface area contributed by atoms with Crippen molar-refractivity contribution in [1.82, 2.24) is 15.1 Å². The molecular formula is C18H24ClN3O2. The molecule has 0 bridgehead atoms. The molecule has 0 radical (unpaired) electrons. The van der Waals surface area contributed by atoms with Gasteiger partial charge in [0.15, 0.2) is 0 Å². The number of rotatable bonds is 5. The maximum atomic E-state index is 12.4. The van der Waals surface area contributed by atoms with Crippen molar-refractivity contribution in [3.05, 3.63) is 34.9 Å². The third-order valence-electron chi connectivity index (χ3n) is 4.79. The molecule has 2 aliphatic rings. The monoisotopic (exact) mass is 349 g/mol. The van der Waals surface area contributed by atoms with Crippen LogP contribution in [0.2, 0.25) is 5.02 Å². The van der Waals surface area contributed by atoms with Gasteiger partial charge in [-0.05, 0) is 37.5 Å². The van der Waals surface area contributed by atoms with Gasteiger partial charge in [0, 0.05) is 37.2 Å². The summed E-state index contributed by atoms with van der Waals surface area (Å²) in [6.45, 7) is 4.78. The van der Waals surface area contributed by atoms with Crippen LogP contribution in [-0.4, -0.2) is 59.9 Å². The van der Waals surface area contributed by atoms with Gasteiger partial charge in [0.1, 0.15) is 0 Å². The number of amides is 2. The maximum absolute atomic E-state index is 12.4. The van der Waals surface area contributed by atoms with Crippen LogP contribution in [0.15, 0.2) is 24.3 Å². The molecule has 3 rings (SSSR count). The lowest BCUT2D eigenvalue weighted by molar-refractivity contribution is -0.133. The predicted molar refractivity (Wildman–Crippen MR) is 93.9 cm³/mol. The first-order chi connectivity index (χ1) is 11.5. The van der Waals surface area contributed by atoms with Crippen LogP contribution in [0.3, 0.4) is 0 Å². The number of nitrogens with one attached hydrogen (secondary N) is 1. The van der Waals surface area contributed by atoms with E-state index in [1.165, 1.54) is 0 Å². The van der Waals surface area contributed by atoms with Crippen LogP contribution < -0.4 is 5.32 Å². The molecule has 1 aliphatic heterocycles. The minimum Gasteiger partial charge on any atom is -0.352 e. The van der Waals surface area contributed by atoms with E-state index in [0.29, 0.717) is 30.6 Å². The number of hydrogen-bond acceptors (Lipinski definition) is 3. The van der Waals surface area contributed by atoms with E-state index in [4.69, 9.17) is 11.6 Å². The van der Waals surface area contributed by atoms with Crippen LogP contribution in [-0.2, 0) is 16.0 Å². The van der Waals surface area contributed by atoms with Gasteiger partial charge in [0.2, 0.25) is 11.8 Å². The number of carbonyl (C=O) groups excluding carboxylic acids is 2. The van der Waals surface area contributed by atoms with Gasteiger partial charge in [-0.2, -0.15) is 0 Å². The number of piperazine rings is 1. The summed E-state index contributed by atoms with van der Waals surface area (Å²) in [6, 6.07) is 7.66. The van der Waals surface area contributed by atoms with Gasteiger partial charge in [0.25, 0.3) is 0 Å². The van der Waals surface area contributed by atoms with E-state index < -0.39 is 0 Å². The molecule has 1 saturated carbocycles. The molecule has 1 atom stereocenters. The summed E-state index contributed by atoms with van der Waals surface area (Å²) < 4.78 is 0. The van der Waals surface area contributed by atoms with Gasteiger partial charge in [0.05, 0.1) is 12.5 Å². The molecule has 1 aliphatic carbocycles. The molecule has 1 saturated heterocycles. The quantitative estimate of drug-likeness (QED) is 0.880. The zero-order valence-corrected chi connectivity index (χ0v) is 14.8. The molecule has 5 nitrogen and oxygen atoms in total. The number of hydrogen-bond donors (Lipinski definition) is 1. The average molecular weight is 350 g/mol. The molecule has 130 valence electrons. The molecule has 2 amide bonds. The van der Waals surface area contributed by atoms with Crippen LogP contribution in [0.4, 0.5) is 0 Å². The van der Waals surface area contributed by atoms with Crippen molar-refractivity contribution in [2.75, 3.05) is 26.2 Å². The summed E-state index contributed by atoms with van der Waals surface area (Å²) >= 11 is 5.87. The standard InChI is InChI=1S/C18H24ClN3O2/c1-13(18(24)20-16-6-7-16)21-8-10-22(11-9-21)17(23)12-14-2-4-15(19)5-3-14/h2-5,13,16H,6-12H2,1H3,(H,20,24). The van der Waals surface area contributed by atoms with Crippen LogP contribution >= 0.6 is 11.6 Å². The van der Waals surface area contributed by atoms with Gasteiger partial charge in [-0.1, -0.05) is 23.7 Å². The normalized spacial score (nSPS) is 19.8. The number of benzene rings is 1. The molecule has 1 aromatic rings. The van der Waals surface area contributed by atoms with E-state index >= 15 is 0 Å². The number of halogens is 1. The van der Waals surface area contributed by atoms with Gasteiger partial charge >= 0.3 is 0 Å². The van der Waals surface area contributed by atoms with Crippen molar-refractivity contribution >= 4 is 23.4 Å². The summed E-state index contributed by atoms with van der Waals surface area (Å²) in [6.07, 6.45) is 2.60. The predicted octanol–water partition coefficient (Wildman–Crippen LogP) is 1.69. The second-order valence-electron chi connectivity index (χ2n) is 6.68. The largest absolute Gasteiger partial charge is 0.352 e. The lowest BCUT2D eigenvalue weighted by Gasteiger charge is -2.37. The fourth-order valence-corrected chi connectivity index (χ4v) is 3.09. The zero-order chi connectivity index (χ0) is 17.1. The lowest BCUT2D eigenvalue weighted by atomic mass is 10.1. The molecular weight excluding hydrogens is 326 g/mol. The van der Waals surface area contributed by atoms with Crippen molar-refractivity contribution in [1.29, 1.82) is 0 Å². The molecule has 1 N–H and O–H groups in total. The van der Waals surface area contributed by atoms with E-state index in [0.717, 1.165) is 31.5 Å². The van der Waals surface area contributed by atoms with Crippen molar-refractivity contribution in [3.8, 4) is 0 Å². The SMILES string of the molecule is CC(C(=O)NC1CC1)N1CCN(C(=O)Cc2ccc(Cl)cc2)CC1. The second kappa shape index (κ2) is 7.53. The lowest BCUT2D eigenvalue weighted by Crippen LogP contribution is -2.55. The van der Waals surface area contributed by atoms with Gasteiger partial charge in [-0.25, -0.2) is 0 Å². The molecule has 1 aromatic carbocycles. The first kappa shape index (κ1) is 17.2. The third kappa shape index (κ3) is 4.48. The summed E-state index contributed by atoms with van der Waals surface area (Å²) in [4.78, 5) is 28.6. The molecule has 6 heteroatoms. The Kier molecular flexibility index (Phi) is 5.41. The van der Waals surface area contributed by atoms with Crippen LogP contribution in [0.25, 0.3) is 0 Å². The van der Waals surface area contributed by atoms with E-state index in [9.17, 15) is 9.59 Å². The Balaban J connectivity index is 1.46. The fourth-order valence-electron chi connectivity index (χ4n) is 2.96. The zero-order valence-electron chi connectivity index (χ0n) is 14.0. The third-order valence-corrected chi connectivity index (χ3v) is 5.04. The Morgan fingerprint density at radius 2 is 1.79 bits per heavy atom. The smallest absolute Gasteiger partial charge is 0.237 e. The Morgan fingerprint density at radius 3 is 2.38 bits per heavy atom. The Bertz CT molecular complexity index is 593. The summed E-state index contributed by atoms with van der Waals surface area (Å²) in [7, 11) is 0. The minimum atomic E-state index is -0.126. The Morgan fingerprint density at radius 1 is 1.17 bits per heavy atom. The first-order valence-corrected chi connectivity index (χ1v) is 8.97. The van der Waals surface area contributed by atoms with E-state index in [1.807, 2.05) is 36.1 Å². The van der Waals surface area contributed by atoms with E-state index in [2.05, 4.69) is 10.2 Å². The Hall–Kier alpha value is -1.59. The number of carbonyl (C=O) groups is 2. The van der Waals surface area contributed by atoms with E-state index in [1.54, 1.807) is 0 Å². The fraction of sp³-hybridized carbons (Fsp3) is 0.556. The first-order valence-electron chi connectivity index (χ1n) is 8.59. The molecule has 1 heterocycles. The van der Waals surface area contributed by atoms with Crippen molar-refractivity contribution < 1.29 is 9.59 Å². The van der Waals surface area contributed by atoms with Crippen molar-refractivity contribution in [2.45, 2.75) is 38.3 Å². The average Bonchev–Trinajstić information content (AvgIpc) is 3.40. The highest BCUT2D eigenvalue weighted by molar-refractivity contribution is 6.30. The highest BCUT2D eigenvalue weighted by Gasteiger charge is 2.30. The highest BCUT2D eigenvalue weighted by atomic mass is 35.5. The minimum absolute atomic E-state index is 0.110. The summed E-state index contributed by atoms with van der Waals surface area (Å²) in [5.74, 6) is 0.241. The van der Waals surface area contributed by atoms with Crippen molar-refractivity contribution in [3.63, 3.8) is 0 Å². The highest BCUT2D eigenvalue weighted by Crippen LogP contribution is 2.19. The molecule has 0 aromatic heterocycles. The topological polar surface area (TPSA) is 52.7 Å². The van der Waals surface area contributed by atoms with Crippen LogP contribution in [0.1, 0.15) is 25.3 Å². The molecule has 24 heavy (non-hydrogen) atoms. The van der Waals surface area contributed by atoms with Gasteiger partial charge < -0.3 is 10.2 Å². The van der Waals surface area contributed by atoms with Crippen LogP contribution in [0.5, 0.6) is 0 Å². The molecule has 2 fully saturated rings. The summed E-state index contributed by atoms with van der Waals surface area (Å²) in [5.41, 5.74) is 0.976. The number of nitrogens with zero attached hydrogens (tertiary/aromatic N) is 2. The van der Waals surface area contributed by atoms with Gasteiger partial charge in [-0.15, -0.1) is 0 Å². The van der Waals surface area contributed by atoms with Crippen LogP contribution in [0, 0.1) is 0 Å². The second-order valence-corrected chi connectivity index (χ2v) is 7.12.